The standard InChI is InChI=1S/C22H18O7S/c23-20-14-17(8-11-19(20)22(25)26)29-12-13-30(27,28)18-9-6-16(7-10-18)21(24)15-4-2-1-3-5-15/h1-11,14,23H,12-13H2,(H,25,26). The van der Waals surface area contributed by atoms with E-state index in [1.165, 1.54) is 36.4 Å². The van der Waals surface area contributed by atoms with E-state index in [0.29, 0.717) is 11.1 Å². The van der Waals surface area contributed by atoms with Crippen LogP contribution in [0.2, 0.25) is 0 Å². The number of aromatic carboxylic acids is 1. The Labute approximate surface area is 173 Å². The Morgan fingerprint density at radius 1 is 0.867 bits per heavy atom. The van der Waals surface area contributed by atoms with Crippen LogP contribution in [0.3, 0.4) is 0 Å². The summed E-state index contributed by atoms with van der Waals surface area (Å²) in [5.41, 5.74) is 0.615. The Kier molecular flexibility index (Phi) is 6.17. The normalized spacial score (nSPS) is 11.1. The predicted octanol–water partition coefficient (Wildman–Crippen LogP) is 3.17. The van der Waals surface area contributed by atoms with E-state index in [1.54, 1.807) is 30.3 Å². The quantitative estimate of drug-likeness (QED) is 0.531. The minimum atomic E-state index is -3.66. The van der Waals surface area contributed by atoms with Gasteiger partial charge >= 0.3 is 5.97 Å². The molecule has 2 N–H and O–H groups in total. The van der Waals surface area contributed by atoms with Gasteiger partial charge in [-0.05, 0) is 36.4 Å². The topological polar surface area (TPSA) is 118 Å². The first kappa shape index (κ1) is 21.1. The number of phenols is 1. The summed E-state index contributed by atoms with van der Waals surface area (Å²) < 4.78 is 30.3. The lowest BCUT2D eigenvalue weighted by Crippen LogP contribution is -2.14. The van der Waals surface area contributed by atoms with Gasteiger partial charge in [0.2, 0.25) is 0 Å². The summed E-state index contributed by atoms with van der Waals surface area (Å²) in [6.07, 6.45) is 0. The highest BCUT2D eigenvalue weighted by Crippen LogP contribution is 2.24. The van der Waals surface area contributed by atoms with Crippen LogP contribution < -0.4 is 4.74 Å². The van der Waals surface area contributed by atoms with Crippen LogP contribution in [-0.2, 0) is 9.84 Å². The number of aromatic hydroxyl groups is 1. The maximum absolute atomic E-state index is 12.5. The van der Waals surface area contributed by atoms with Gasteiger partial charge in [-0.2, -0.15) is 0 Å². The summed E-state index contributed by atoms with van der Waals surface area (Å²) in [5, 5.41) is 18.5. The van der Waals surface area contributed by atoms with Gasteiger partial charge in [0.1, 0.15) is 23.7 Å². The van der Waals surface area contributed by atoms with Gasteiger partial charge in [-0.1, -0.05) is 30.3 Å². The number of carboxylic acids is 1. The molecule has 0 aromatic heterocycles. The third-order valence-corrected chi connectivity index (χ3v) is 6.03. The number of benzene rings is 3. The first-order valence-electron chi connectivity index (χ1n) is 8.89. The molecule has 0 amide bonds. The van der Waals surface area contributed by atoms with E-state index in [2.05, 4.69) is 0 Å². The van der Waals surface area contributed by atoms with Gasteiger partial charge in [0.15, 0.2) is 15.6 Å². The molecule has 0 aliphatic rings. The fourth-order valence-corrected chi connectivity index (χ4v) is 3.83. The third-order valence-electron chi connectivity index (χ3n) is 4.33. The molecule has 0 radical (unpaired) electrons. The van der Waals surface area contributed by atoms with Gasteiger partial charge in [0.25, 0.3) is 0 Å². The Morgan fingerprint density at radius 2 is 1.50 bits per heavy atom. The van der Waals surface area contributed by atoms with Crippen LogP contribution in [-0.4, -0.2) is 42.7 Å². The number of carboxylic acid groups (broad SMARTS) is 1. The largest absolute Gasteiger partial charge is 0.507 e. The van der Waals surface area contributed by atoms with Gasteiger partial charge in [-0.25, -0.2) is 13.2 Å². The molecule has 0 saturated carbocycles. The van der Waals surface area contributed by atoms with Crippen LogP contribution in [0, 0.1) is 0 Å². The van der Waals surface area contributed by atoms with E-state index in [1.807, 2.05) is 0 Å². The molecule has 0 bridgehead atoms. The summed E-state index contributed by atoms with van der Waals surface area (Å²) >= 11 is 0. The highest BCUT2D eigenvalue weighted by atomic mass is 32.2. The number of hydrogen-bond acceptors (Lipinski definition) is 6. The van der Waals surface area contributed by atoms with Crippen molar-refractivity contribution >= 4 is 21.6 Å². The molecule has 3 aromatic carbocycles. The number of ketones is 1. The number of hydrogen-bond donors (Lipinski definition) is 2. The highest BCUT2D eigenvalue weighted by Gasteiger charge is 2.17. The zero-order valence-electron chi connectivity index (χ0n) is 15.7. The van der Waals surface area contributed by atoms with Crippen LogP contribution in [0.25, 0.3) is 0 Å². The maximum Gasteiger partial charge on any atom is 0.339 e. The molecule has 0 spiro atoms. The van der Waals surface area contributed by atoms with Gasteiger partial charge < -0.3 is 14.9 Å². The molecule has 0 fully saturated rings. The number of carbonyl (C=O) groups excluding carboxylic acids is 1. The molecule has 0 unspecified atom stereocenters. The molecular formula is C22H18O7S. The molecule has 8 heteroatoms. The average Bonchev–Trinajstić information content (AvgIpc) is 2.73. The van der Waals surface area contributed by atoms with Crippen molar-refractivity contribution in [2.24, 2.45) is 0 Å². The SMILES string of the molecule is O=C(c1ccccc1)c1ccc(S(=O)(=O)CCOc2ccc(C(=O)O)c(O)c2)cc1. The molecule has 154 valence electrons. The lowest BCUT2D eigenvalue weighted by molar-refractivity contribution is 0.0693. The zero-order chi connectivity index (χ0) is 21.7. The fourth-order valence-electron chi connectivity index (χ4n) is 2.74. The minimum Gasteiger partial charge on any atom is -0.507 e. The smallest absolute Gasteiger partial charge is 0.339 e. The van der Waals surface area contributed by atoms with Crippen LogP contribution >= 0.6 is 0 Å². The van der Waals surface area contributed by atoms with Crippen LogP contribution in [0.15, 0.2) is 77.7 Å². The summed E-state index contributed by atoms with van der Waals surface area (Å²) in [4.78, 5) is 23.3. The molecule has 30 heavy (non-hydrogen) atoms. The van der Waals surface area contributed by atoms with Crippen molar-refractivity contribution in [3.63, 3.8) is 0 Å². The highest BCUT2D eigenvalue weighted by molar-refractivity contribution is 7.91. The van der Waals surface area contributed by atoms with Crippen molar-refractivity contribution in [2.45, 2.75) is 4.90 Å². The van der Waals surface area contributed by atoms with Crippen molar-refractivity contribution in [1.82, 2.24) is 0 Å². The van der Waals surface area contributed by atoms with Gasteiger partial charge in [-0.15, -0.1) is 0 Å². The molecule has 3 rings (SSSR count). The second-order valence-electron chi connectivity index (χ2n) is 6.37. The summed E-state index contributed by atoms with van der Waals surface area (Å²) in [7, 11) is -3.66. The van der Waals surface area contributed by atoms with E-state index < -0.39 is 21.6 Å². The number of ether oxygens (including phenoxy) is 1. The monoisotopic (exact) mass is 426 g/mol. The Balaban J connectivity index is 1.64. The van der Waals surface area contributed by atoms with Crippen molar-refractivity contribution in [2.75, 3.05) is 12.4 Å². The zero-order valence-corrected chi connectivity index (χ0v) is 16.5. The van der Waals surface area contributed by atoms with Crippen LogP contribution in [0.4, 0.5) is 0 Å². The lowest BCUT2D eigenvalue weighted by atomic mass is 10.0. The molecule has 0 heterocycles. The second-order valence-corrected chi connectivity index (χ2v) is 8.48. The summed E-state index contributed by atoms with van der Waals surface area (Å²) in [6, 6.07) is 18.0. The van der Waals surface area contributed by atoms with Crippen LogP contribution in [0.1, 0.15) is 26.3 Å². The van der Waals surface area contributed by atoms with E-state index in [9.17, 15) is 23.1 Å². The van der Waals surface area contributed by atoms with E-state index >= 15 is 0 Å². The van der Waals surface area contributed by atoms with Gasteiger partial charge in [-0.3, -0.25) is 4.79 Å². The van der Waals surface area contributed by atoms with Crippen molar-refractivity contribution < 1.29 is 33.0 Å². The summed E-state index contributed by atoms with van der Waals surface area (Å²) in [5.74, 6) is -2.14. The fraction of sp³-hybridized carbons (Fsp3) is 0.0909. The molecule has 0 atom stereocenters. The Morgan fingerprint density at radius 3 is 2.10 bits per heavy atom. The summed E-state index contributed by atoms with van der Waals surface area (Å²) in [6.45, 7) is -0.196. The first-order chi connectivity index (χ1) is 14.3. The van der Waals surface area contributed by atoms with E-state index in [-0.39, 0.29) is 34.4 Å². The molecule has 7 nitrogen and oxygen atoms in total. The second kappa shape index (κ2) is 8.79. The predicted molar refractivity (Wildman–Crippen MR) is 109 cm³/mol. The molecule has 0 saturated heterocycles. The average molecular weight is 426 g/mol. The number of carbonyl (C=O) groups is 2. The van der Waals surface area contributed by atoms with Crippen molar-refractivity contribution in [3.8, 4) is 11.5 Å². The van der Waals surface area contributed by atoms with Gasteiger partial charge in [0.05, 0.1) is 10.6 Å². The Hall–Kier alpha value is -3.65. The van der Waals surface area contributed by atoms with Crippen molar-refractivity contribution in [1.29, 1.82) is 0 Å². The van der Waals surface area contributed by atoms with Crippen LogP contribution in [0.5, 0.6) is 11.5 Å². The first-order valence-corrected chi connectivity index (χ1v) is 10.5. The Bertz CT molecular complexity index is 1170. The lowest BCUT2D eigenvalue weighted by Gasteiger charge is -2.09. The number of sulfone groups is 1. The maximum atomic E-state index is 12.5. The minimum absolute atomic E-state index is 0.0554. The third kappa shape index (κ3) is 4.84. The van der Waals surface area contributed by atoms with E-state index in [4.69, 9.17) is 9.84 Å². The van der Waals surface area contributed by atoms with Crippen molar-refractivity contribution in [3.05, 3.63) is 89.5 Å². The van der Waals surface area contributed by atoms with Gasteiger partial charge in [0, 0.05) is 17.2 Å². The van der Waals surface area contributed by atoms with E-state index in [0.717, 1.165) is 6.07 Å². The molecular weight excluding hydrogens is 408 g/mol. The molecule has 3 aromatic rings. The molecule has 0 aliphatic carbocycles. The number of rotatable bonds is 8. The molecule has 0 aliphatic heterocycles.